The van der Waals surface area contributed by atoms with Crippen LogP contribution in [0.4, 0.5) is 10.8 Å². The van der Waals surface area contributed by atoms with E-state index in [1.165, 1.54) is 30.0 Å². The Labute approximate surface area is 192 Å². The maximum Gasteiger partial charge on any atom is 0.331 e. The average Bonchev–Trinajstić information content (AvgIpc) is 3.18. The quantitative estimate of drug-likeness (QED) is 0.333. The van der Waals surface area contributed by atoms with Crippen LogP contribution in [-0.2, 0) is 14.4 Å². The third-order valence-corrected chi connectivity index (χ3v) is 6.18. The van der Waals surface area contributed by atoms with Crippen LogP contribution in [0.5, 0.6) is 0 Å². The average molecular weight is 469 g/mol. The van der Waals surface area contributed by atoms with Crippen LogP contribution in [0.3, 0.4) is 0 Å². The zero-order valence-corrected chi connectivity index (χ0v) is 18.9. The van der Waals surface area contributed by atoms with Gasteiger partial charge >= 0.3 is 5.97 Å². The molecule has 10 heteroatoms. The Kier molecular flexibility index (Phi) is 7.74. The molecule has 1 unspecified atom stereocenters. The molecule has 1 heterocycles. The summed E-state index contributed by atoms with van der Waals surface area (Å²) in [6, 6.07) is 16.3. The van der Waals surface area contributed by atoms with E-state index >= 15 is 0 Å². The Balaban J connectivity index is 1.73. The van der Waals surface area contributed by atoms with Crippen molar-refractivity contribution >= 4 is 51.7 Å². The van der Waals surface area contributed by atoms with Gasteiger partial charge in [-0.2, -0.15) is 0 Å². The molecule has 0 bridgehead atoms. The van der Waals surface area contributed by atoms with Gasteiger partial charge in [-0.05, 0) is 43.7 Å². The van der Waals surface area contributed by atoms with Gasteiger partial charge in [-0.25, -0.2) is 4.79 Å². The molecule has 0 aliphatic heterocycles. The smallest absolute Gasteiger partial charge is 0.331 e. The molecular formula is C22H20N4O4S2. The van der Waals surface area contributed by atoms with Crippen molar-refractivity contribution in [2.45, 2.75) is 24.0 Å². The highest BCUT2D eigenvalue weighted by Gasteiger charge is 2.23. The van der Waals surface area contributed by atoms with Crippen molar-refractivity contribution in [3.63, 3.8) is 0 Å². The highest BCUT2D eigenvalue weighted by Crippen LogP contribution is 2.36. The van der Waals surface area contributed by atoms with Gasteiger partial charge < -0.3 is 10.4 Å². The number of nitrogens with zero attached hydrogens (tertiary/aromatic N) is 2. The molecule has 0 aliphatic carbocycles. The van der Waals surface area contributed by atoms with Crippen LogP contribution in [0, 0.1) is 6.92 Å². The minimum Gasteiger partial charge on any atom is -0.478 e. The minimum atomic E-state index is -1.15. The van der Waals surface area contributed by atoms with Crippen molar-refractivity contribution < 1.29 is 19.5 Å². The summed E-state index contributed by atoms with van der Waals surface area (Å²) < 4.78 is 0. The van der Waals surface area contributed by atoms with Crippen molar-refractivity contribution in [2.24, 2.45) is 0 Å². The second-order valence-corrected chi connectivity index (χ2v) is 9.03. The molecule has 8 nitrogen and oxygen atoms in total. The first-order valence-electron chi connectivity index (χ1n) is 9.47. The fourth-order valence-electron chi connectivity index (χ4n) is 2.61. The second kappa shape index (κ2) is 10.7. The van der Waals surface area contributed by atoms with E-state index < -0.39 is 17.1 Å². The van der Waals surface area contributed by atoms with Gasteiger partial charge in [0.15, 0.2) is 0 Å². The topological polar surface area (TPSA) is 121 Å². The number of aliphatic carboxylic acids is 1. The standard InChI is InChI=1S/C22H20N4O4S2/c1-13(21(29)30)12-18(27)23-16-8-10-17(11-9-16)32-19(15-6-4-3-5-7-15)20(28)24-22-26-25-14(2)31-22/h3-12,19H,1-2H3,(H,23,27)(H,29,30)(H,24,26,28). The zero-order chi connectivity index (χ0) is 23.1. The van der Waals surface area contributed by atoms with Crippen LogP contribution in [0.2, 0.25) is 0 Å². The lowest BCUT2D eigenvalue weighted by Crippen LogP contribution is -2.19. The van der Waals surface area contributed by atoms with Crippen LogP contribution in [0.25, 0.3) is 0 Å². The maximum atomic E-state index is 13.0. The molecule has 3 rings (SSSR count). The first kappa shape index (κ1) is 23.2. The van der Waals surface area contributed by atoms with Crippen molar-refractivity contribution in [2.75, 3.05) is 10.6 Å². The highest BCUT2D eigenvalue weighted by molar-refractivity contribution is 8.00. The van der Waals surface area contributed by atoms with E-state index in [1.54, 1.807) is 24.3 Å². The summed E-state index contributed by atoms with van der Waals surface area (Å²) in [6.07, 6.45) is 1.02. The second-order valence-electron chi connectivity index (χ2n) is 6.67. The number of carbonyl (C=O) groups excluding carboxylic acids is 2. The molecule has 0 fully saturated rings. The summed E-state index contributed by atoms with van der Waals surface area (Å²) in [5.74, 6) is -1.90. The van der Waals surface area contributed by atoms with Crippen LogP contribution in [-0.4, -0.2) is 33.1 Å². The van der Waals surface area contributed by atoms with Crippen molar-refractivity contribution in [3.8, 4) is 0 Å². The van der Waals surface area contributed by atoms with Gasteiger partial charge in [-0.1, -0.05) is 41.7 Å². The van der Waals surface area contributed by atoms with Gasteiger partial charge in [0.05, 0.1) is 0 Å². The number of aromatic nitrogens is 2. The summed E-state index contributed by atoms with van der Waals surface area (Å²) in [6.45, 7) is 3.16. The van der Waals surface area contributed by atoms with Crippen LogP contribution in [0.15, 0.2) is 71.1 Å². The molecular weight excluding hydrogens is 448 g/mol. The van der Waals surface area contributed by atoms with E-state index in [4.69, 9.17) is 5.11 Å². The number of hydrogen-bond donors (Lipinski definition) is 3. The predicted octanol–water partition coefficient (Wildman–Crippen LogP) is 4.29. The summed E-state index contributed by atoms with van der Waals surface area (Å²) in [4.78, 5) is 36.6. The monoisotopic (exact) mass is 468 g/mol. The summed E-state index contributed by atoms with van der Waals surface area (Å²) in [5.41, 5.74) is 1.29. The van der Waals surface area contributed by atoms with Gasteiger partial charge in [0.25, 0.3) is 0 Å². The number of anilines is 2. The number of hydrogen-bond acceptors (Lipinski definition) is 7. The lowest BCUT2D eigenvalue weighted by Gasteiger charge is -2.16. The molecule has 1 atom stereocenters. The number of thioether (sulfide) groups is 1. The van der Waals surface area contributed by atoms with Crippen LogP contribution >= 0.6 is 23.1 Å². The number of benzene rings is 2. The van der Waals surface area contributed by atoms with E-state index in [0.29, 0.717) is 10.8 Å². The Morgan fingerprint density at radius 1 is 1.03 bits per heavy atom. The van der Waals surface area contributed by atoms with Gasteiger partial charge in [0.1, 0.15) is 10.3 Å². The predicted molar refractivity (Wildman–Crippen MR) is 125 cm³/mol. The Morgan fingerprint density at radius 2 is 1.72 bits per heavy atom. The molecule has 164 valence electrons. The van der Waals surface area contributed by atoms with Crippen molar-refractivity contribution in [1.29, 1.82) is 0 Å². The van der Waals surface area contributed by atoms with E-state index in [2.05, 4.69) is 20.8 Å². The number of aryl methyl sites for hydroxylation is 1. The lowest BCUT2D eigenvalue weighted by atomic mass is 10.1. The number of carboxylic acid groups (broad SMARTS) is 1. The Bertz CT molecular complexity index is 1140. The molecule has 0 spiro atoms. The van der Waals surface area contributed by atoms with E-state index in [0.717, 1.165) is 21.5 Å². The molecule has 2 aromatic carbocycles. The Hall–Kier alpha value is -3.50. The number of amides is 2. The van der Waals surface area contributed by atoms with Gasteiger partial charge in [-0.3, -0.25) is 14.9 Å². The third kappa shape index (κ3) is 6.50. The van der Waals surface area contributed by atoms with E-state index in [-0.39, 0.29) is 11.5 Å². The number of nitrogens with one attached hydrogen (secondary N) is 2. The molecule has 3 N–H and O–H groups in total. The maximum absolute atomic E-state index is 13.0. The SMILES string of the molecule is CC(=CC(=O)Nc1ccc(SC(C(=O)Nc2nnc(C)s2)c2ccccc2)cc1)C(=O)O. The molecule has 1 aromatic heterocycles. The molecule has 32 heavy (non-hydrogen) atoms. The minimum absolute atomic E-state index is 0.0583. The number of carboxylic acids is 1. The fourth-order valence-corrected chi connectivity index (χ4v) is 4.23. The fraction of sp³-hybridized carbons (Fsp3) is 0.136. The van der Waals surface area contributed by atoms with Crippen LogP contribution < -0.4 is 10.6 Å². The highest BCUT2D eigenvalue weighted by atomic mass is 32.2. The zero-order valence-electron chi connectivity index (χ0n) is 17.2. The third-order valence-electron chi connectivity index (χ3n) is 4.16. The normalized spacial score (nSPS) is 12.1. The van der Waals surface area contributed by atoms with Gasteiger partial charge in [-0.15, -0.1) is 22.0 Å². The lowest BCUT2D eigenvalue weighted by molar-refractivity contribution is -0.132. The summed E-state index contributed by atoms with van der Waals surface area (Å²) in [7, 11) is 0. The van der Waals surface area contributed by atoms with Crippen molar-refractivity contribution in [3.05, 3.63) is 76.8 Å². The number of carbonyl (C=O) groups is 3. The molecule has 2 amide bonds. The largest absolute Gasteiger partial charge is 0.478 e. The van der Waals surface area contributed by atoms with Crippen molar-refractivity contribution in [1.82, 2.24) is 10.2 Å². The summed E-state index contributed by atoms with van der Waals surface area (Å²) >= 11 is 2.66. The van der Waals surface area contributed by atoms with E-state index in [1.807, 2.05) is 37.3 Å². The molecule has 0 aliphatic rings. The van der Waals surface area contributed by atoms with Crippen LogP contribution in [0.1, 0.15) is 22.7 Å². The first-order valence-corrected chi connectivity index (χ1v) is 11.2. The molecule has 0 radical (unpaired) electrons. The van der Waals surface area contributed by atoms with Gasteiger partial charge in [0.2, 0.25) is 16.9 Å². The van der Waals surface area contributed by atoms with Gasteiger partial charge in [0, 0.05) is 22.2 Å². The molecule has 3 aromatic rings. The first-order chi connectivity index (χ1) is 15.3. The molecule has 0 saturated carbocycles. The number of rotatable bonds is 8. The summed E-state index contributed by atoms with van der Waals surface area (Å²) in [5, 5.41) is 22.8. The molecule has 0 saturated heterocycles. The Morgan fingerprint density at radius 3 is 2.31 bits per heavy atom. The van der Waals surface area contributed by atoms with E-state index in [9.17, 15) is 14.4 Å².